The Bertz CT molecular complexity index is 573. The molecule has 0 bridgehead atoms. The average molecular weight is 277 g/mol. The van der Waals surface area contributed by atoms with Gasteiger partial charge in [-0.05, 0) is 25.8 Å². The molecule has 3 rings (SSSR count). The van der Waals surface area contributed by atoms with Crippen molar-refractivity contribution < 1.29 is 0 Å². The summed E-state index contributed by atoms with van der Waals surface area (Å²) in [6, 6.07) is 1.91. The molecule has 0 radical (unpaired) electrons. The van der Waals surface area contributed by atoms with Crippen LogP contribution in [0.4, 0.5) is 0 Å². The molecule has 0 N–H and O–H groups in total. The van der Waals surface area contributed by atoms with E-state index in [1.54, 1.807) is 12.5 Å². The molecular weight excluding hydrogens is 260 g/mol. The van der Waals surface area contributed by atoms with Gasteiger partial charge < -0.3 is 4.57 Å². The summed E-state index contributed by atoms with van der Waals surface area (Å²) in [6.07, 6.45) is 8.59. The van der Waals surface area contributed by atoms with E-state index >= 15 is 0 Å². The number of halogens is 1. The first kappa shape index (κ1) is 12.6. The quantitative estimate of drug-likeness (QED) is 0.804. The molecule has 2 aromatic heterocycles. The van der Waals surface area contributed by atoms with E-state index in [1.165, 1.54) is 25.7 Å². The Morgan fingerprint density at radius 2 is 2.11 bits per heavy atom. The normalized spacial score (nSPS) is 16.1. The highest BCUT2D eigenvalue weighted by molar-refractivity contribution is 6.29. The molecular formula is C14H17ClN4. The fourth-order valence-electron chi connectivity index (χ4n) is 2.74. The van der Waals surface area contributed by atoms with Gasteiger partial charge in [0, 0.05) is 18.2 Å². The molecule has 2 heterocycles. The number of rotatable bonds is 3. The van der Waals surface area contributed by atoms with Crippen LogP contribution in [0.5, 0.6) is 0 Å². The zero-order valence-electron chi connectivity index (χ0n) is 11.0. The van der Waals surface area contributed by atoms with E-state index in [-0.39, 0.29) is 0 Å². The van der Waals surface area contributed by atoms with Crippen LogP contribution in [0.2, 0.25) is 5.15 Å². The van der Waals surface area contributed by atoms with Crippen LogP contribution in [0.15, 0.2) is 18.6 Å². The topological polar surface area (TPSA) is 43.6 Å². The van der Waals surface area contributed by atoms with Crippen molar-refractivity contribution in [1.29, 1.82) is 0 Å². The third-order valence-corrected chi connectivity index (χ3v) is 3.96. The molecule has 0 aromatic carbocycles. The minimum absolute atomic E-state index is 0.524. The molecule has 0 saturated heterocycles. The van der Waals surface area contributed by atoms with Gasteiger partial charge in [0.1, 0.15) is 10.8 Å². The summed E-state index contributed by atoms with van der Waals surface area (Å²) in [7, 11) is 0. The minimum atomic E-state index is 0.524. The Morgan fingerprint density at radius 3 is 2.84 bits per heavy atom. The third kappa shape index (κ3) is 2.50. The summed E-state index contributed by atoms with van der Waals surface area (Å²) >= 11 is 6.16. The predicted molar refractivity (Wildman–Crippen MR) is 75.1 cm³/mol. The summed E-state index contributed by atoms with van der Waals surface area (Å²) in [6.45, 7) is 2.93. The number of nitrogens with zero attached hydrogens (tertiary/aromatic N) is 4. The van der Waals surface area contributed by atoms with Crippen molar-refractivity contribution in [2.45, 2.75) is 45.1 Å². The Kier molecular flexibility index (Phi) is 3.51. The number of aryl methyl sites for hydroxylation is 1. The number of aromatic nitrogens is 4. The van der Waals surface area contributed by atoms with E-state index in [2.05, 4.69) is 16.9 Å². The first-order valence-corrected chi connectivity index (χ1v) is 7.20. The molecule has 4 nitrogen and oxygen atoms in total. The van der Waals surface area contributed by atoms with Crippen LogP contribution in [0.25, 0.3) is 11.5 Å². The maximum atomic E-state index is 6.16. The number of hydrogen-bond donors (Lipinski definition) is 0. The SMILES string of the molecule is CCn1cncc1-c1nc(Cl)cc(C2CCCC2)n1. The lowest BCUT2D eigenvalue weighted by Crippen LogP contribution is -2.03. The highest BCUT2D eigenvalue weighted by Crippen LogP contribution is 2.34. The van der Waals surface area contributed by atoms with Crippen molar-refractivity contribution in [3.05, 3.63) is 29.4 Å². The van der Waals surface area contributed by atoms with Gasteiger partial charge in [-0.2, -0.15) is 0 Å². The summed E-state index contributed by atoms with van der Waals surface area (Å²) in [5.41, 5.74) is 2.01. The minimum Gasteiger partial charge on any atom is -0.328 e. The van der Waals surface area contributed by atoms with Crippen LogP contribution in [-0.4, -0.2) is 19.5 Å². The van der Waals surface area contributed by atoms with Crippen LogP contribution in [0.1, 0.15) is 44.2 Å². The van der Waals surface area contributed by atoms with Gasteiger partial charge in [0.05, 0.1) is 12.5 Å². The summed E-state index contributed by atoms with van der Waals surface area (Å²) < 4.78 is 2.03. The second-order valence-corrected chi connectivity index (χ2v) is 5.37. The molecule has 1 saturated carbocycles. The lowest BCUT2D eigenvalue weighted by atomic mass is 10.0. The van der Waals surface area contributed by atoms with Gasteiger partial charge in [0.15, 0.2) is 5.82 Å². The van der Waals surface area contributed by atoms with E-state index in [0.29, 0.717) is 16.9 Å². The van der Waals surface area contributed by atoms with Crippen molar-refractivity contribution >= 4 is 11.6 Å². The summed E-state index contributed by atoms with van der Waals surface area (Å²) in [5, 5.41) is 0.524. The molecule has 0 amide bonds. The lowest BCUT2D eigenvalue weighted by molar-refractivity contribution is 0.692. The van der Waals surface area contributed by atoms with Crippen LogP contribution in [-0.2, 0) is 6.54 Å². The lowest BCUT2D eigenvalue weighted by Gasteiger charge is -2.11. The number of imidazole rings is 1. The van der Waals surface area contributed by atoms with Gasteiger partial charge in [0.2, 0.25) is 0 Å². The van der Waals surface area contributed by atoms with E-state index < -0.39 is 0 Å². The molecule has 0 atom stereocenters. The Morgan fingerprint density at radius 1 is 1.32 bits per heavy atom. The van der Waals surface area contributed by atoms with Gasteiger partial charge in [-0.3, -0.25) is 0 Å². The van der Waals surface area contributed by atoms with E-state index in [4.69, 9.17) is 16.6 Å². The Balaban J connectivity index is 2.02. The molecule has 0 spiro atoms. The van der Waals surface area contributed by atoms with Crippen molar-refractivity contribution in [2.24, 2.45) is 0 Å². The molecule has 19 heavy (non-hydrogen) atoms. The largest absolute Gasteiger partial charge is 0.328 e. The predicted octanol–water partition coefficient (Wildman–Crippen LogP) is 3.67. The van der Waals surface area contributed by atoms with Crippen LogP contribution in [0, 0.1) is 0 Å². The second-order valence-electron chi connectivity index (χ2n) is 4.99. The van der Waals surface area contributed by atoms with Gasteiger partial charge in [0.25, 0.3) is 0 Å². The molecule has 2 aromatic rings. The average Bonchev–Trinajstić information content (AvgIpc) is 3.09. The fraction of sp³-hybridized carbons (Fsp3) is 0.500. The molecule has 0 unspecified atom stereocenters. The number of hydrogen-bond acceptors (Lipinski definition) is 3. The highest BCUT2D eigenvalue weighted by atomic mass is 35.5. The zero-order valence-corrected chi connectivity index (χ0v) is 11.8. The van der Waals surface area contributed by atoms with Crippen molar-refractivity contribution in [3.63, 3.8) is 0 Å². The first-order valence-electron chi connectivity index (χ1n) is 6.83. The van der Waals surface area contributed by atoms with E-state index in [9.17, 15) is 0 Å². The molecule has 5 heteroatoms. The fourth-order valence-corrected chi connectivity index (χ4v) is 2.93. The molecule has 1 aliphatic carbocycles. The zero-order chi connectivity index (χ0) is 13.2. The van der Waals surface area contributed by atoms with E-state index in [0.717, 1.165) is 17.9 Å². The van der Waals surface area contributed by atoms with Gasteiger partial charge in [-0.15, -0.1) is 0 Å². The Labute approximate surface area is 117 Å². The monoisotopic (exact) mass is 276 g/mol. The van der Waals surface area contributed by atoms with Crippen molar-refractivity contribution in [2.75, 3.05) is 0 Å². The van der Waals surface area contributed by atoms with Crippen LogP contribution in [0.3, 0.4) is 0 Å². The smallest absolute Gasteiger partial charge is 0.179 e. The van der Waals surface area contributed by atoms with Gasteiger partial charge in [-0.25, -0.2) is 15.0 Å². The molecule has 1 fully saturated rings. The second kappa shape index (κ2) is 5.29. The van der Waals surface area contributed by atoms with Gasteiger partial charge in [-0.1, -0.05) is 24.4 Å². The molecule has 100 valence electrons. The van der Waals surface area contributed by atoms with Crippen LogP contribution >= 0.6 is 11.6 Å². The summed E-state index contributed by atoms with van der Waals surface area (Å²) in [4.78, 5) is 13.2. The maximum absolute atomic E-state index is 6.16. The Hall–Kier alpha value is -1.42. The van der Waals surface area contributed by atoms with Crippen LogP contribution < -0.4 is 0 Å². The van der Waals surface area contributed by atoms with Gasteiger partial charge >= 0.3 is 0 Å². The third-order valence-electron chi connectivity index (χ3n) is 3.77. The standard InChI is InChI=1S/C14H17ClN4/c1-2-19-9-16-8-12(19)14-17-11(7-13(15)18-14)10-5-3-4-6-10/h7-10H,2-6H2,1H3. The molecule has 0 aliphatic heterocycles. The highest BCUT2D eigenvalue weighted by Gasteiger charge is 2.20. The maximum Gasteiger partial charge on any atom is 0.179 e. The molecule has 1 aliphatic rings. The van der Waals surface area contributed by atoms with Crippen molar-refractivity contribution in [3.8, 4) is 11.5 Å². The summed E-state index contributed by atoms with van der Waals surface area (Å²) in [5.74, 6) is 1.23. The van der Waals surface area contributed by atoms with E-state index in [1.807, 2.05) is 10.6 Å². The van der Waals surface area contributed by atoms with Crippen molar-refractivity contribution in [1.82, 2.24) is 19.5 Å². The first-order chi connectivity index (χ1) is 9.28.